The zero-order chi connectivity index (χ0) is 24.3. The van der Waals surface area contributed by atoms with Crippen LogP contribution in [0.2, 0.25) is 0 Å². The number of nitrogens with zero attached hydrogens (tertiary/aromatic N) is 2. The molecule has 1 aliphatic rings. The Hall–Kier alpha value is -3.45. The van der Waals surface area contributed by atoms with Crippen molar-refractivity contribution in [1.82, 2.24) is 9.88 Å². The molecule has 178 valence electrons. The molecule has 1 aliphatic heterocycles. The van der Waals surface area contributed by atoms with Gasteiger partial charge in [-0.2, -0.15) is 5.26 Å². The Morgan fingerprint density at radius 3 is 2.74 bits per heavy atom. The third kappa shape index (κ3) is 4.48. The predicted octanol–water partition coefficient (Wildman–Crippen LogP) is 1.73. The van der Waals surface area contributed by atoms with Crippen LogP contribution in [0.1, 0.15) is 12.0 Å². The number of amides is 1. The number of rotatable bonds is 6. The van der Waals surface area contributed by atoms with E-state index in [2.05, 4.69) is 11.4 Å². The molecule has 2 heterocycles. The second kappa shape index (κ2) is 9.81. The SMILES string of the molecule is COC1CCNCC(C(N)=O)([C@H](C#N)Cc2ccc(-c3ccc4oc(=O)n(C)c4c3)cc2)OC1. The minimum Gasteiger partial charge on any atom is -0.408 e. The van der Waals surface area contributed by atoms with Gasteiger partial charge in [-0.05, 0) is 48.2 Å². The number of aryl methyl sites for hydroxylation is 1. The van der Waals surface area contributed by atoms with Crippen molar-refractivity contribution in [3.8, 4) is 17.2 Å². The number of primary amides is 1. The lowest BCUT2D eigenvalue weighted by molar-refractivity contribution is -0.157. The summed E-state index contributed by atoms with van der Waals surface area (Å²) < 4.78 is 18.0. The number of aromatic nitrogens is 1. The van der Waals surface area contributed by atoms with Crippen LogP contribution in [-0.2, 0) is 27.7 Å². The van der Waals surface area contributed by atoms with E-state index < -0.39 is 23.2 Å². The lowest BCUT2D eigenvalue weighted by Crippen LogP contribution is -2.60. The highest BCUT2D eigenvalue weighted by Gasteiger charge is 2.47. The maximum Gasteiger partial charge on any atom is 0.419 e. The largest absolute Gasteiger partial charge is 0.419 e. The minimum atomic E-state index is -1.46. The van der Waals surface area contributed by atoms with E-state index in [0.717, 1.165) is 23.1 Å². The maximum atomic E-state index is 12.5. The number of methoxy groups -OCH3 is 1. The Morgan fingerprint density at radius 1 is 1.32 bits per heavy atom. The summed E-state index contributed by atoms with van der Waals surface area (Å²) in [6.07, 6.45) is 0.856. The van der Waals surface area contributed by atoms with Crippen LogP contribution in [0.15, 0.2) is 51.7 Å². The number of ether oxygens (including phenoxy) is 2. The summed E-state index contributed by atoms with van der Waals surface area (Å²) in [6.45, 7) is 0.992. The van der Waals surface area contributed by atoms with E-state index in [1.54, 1.807) is 20.2 Å². The minimum absolute atomic E-state index is 0.165. The Bertz CT molecular complexity index is 1270. The Balaban J connectivity index is 1.57. The number of fused-ring (bicyclic) bond motifs is 1. The molecule has 0 aliphatic carbocycles. The van der Waals surface area contributed by atoms with Gasteiger partial charge < -0.3 is 24.9 Å². The van der Waals surface area contributed by atoms with Crippen molar-refractivity contribution < 1.29 is 18.7 Å². The first-order chi connectivity index (χ1) is 16.4. The van der Waals surface area contributed by atoms with Crippen LogP contribution in [0, 0.1) is 17.2 Å². The maximum absolute atomic E-state index is 12.5. The number of benzene rings is 2. The Morgan fingerprint density at radius 2 is 2.06 bits per heavy atom. The van der Waals surface area contributed by atoms with Gasteiger partial charge in [0, 0.05) is 20.7 Å². The molecular weight excluding hydrogens is 436 g/mol. The number of nitrogens with one attached hydrogen (secondary N) is 1. The molecule has 1 amide bonds. The zero-order valence-corrected chi connectivity index (χ0v) is 19.2. The molecule has 1 aromatic heterocycles. The lowest BCUT2D eigenvalue weighted by Gasteiger charge is -2.37. The molecule has 9 heteroatoms. The van der Waals surface area contributed by atoms with Crippen molar-refractivity contribution >= 4 is 17.0 Å². The van der Waals surface area contributed by atoms with Crippen LogP contribution in [0.4, 0.5) is 0 Å². The first kappa shape index (κ1) is 23.7. The fourth-order valence-electron chi connectivity index (χ4n) is 4.34. The first-order valence-corrected chi connectivity index (χ1v) is 11.1. The molecule has 1 saturated heterocycles. The van der Waals surface area contributed by atoms with E-state index in [1.807, 2.05) is 36.4 Å². The van der Waals surface area contributed by atoms with Crippen molar-refractivity contribution in [2.24, 2.45) is 18.7 Å². The highest BCUT2D eigenvalue weighted by atomic mass is 16.5. The fourth-order valence-corrected chi connectivity index (χ4v) is 4.34. The van der Waals surface area contributed by atoms with Gasteiger partial charge in [-0.15, -0.1) is 0 Å². The van der Waals surface area contributed by atoms with Crippen LogP contribution in [0.25, 0.3) is 22.2 Å². The molecule has 3 N–H and O–H groups in total. The molecule has 1 fully saturated rings. The molecule has 2 aromatic carbocycles. The van der Waals surface area contributed by atoms with Gasteiger partial charge in [0.1, 0.15) is 0 Å². The second-order valence-electron chi connectivity index (χ2n) is 8.58. The highest BCUT2D eigenvalue weighted by Crippen LogP contribution is 2.29. The molecule has 34 heavy (non-hydrogen) atoms. The first-order valence-electron chi connectivity index (χ1n) is 11.1. The number of hydrogen-bond donors (Lipinski definition) is 2. The molecule has 3 aromatic rings. The third-order valence-electron chi connectivity index (χ3n) is 6.55. The van der Waals surface area contributed by atoms with Gasteiger partial charge in [-0.1, -0.05) is 30.3 Å². The molecule has 0 radical (unpaired) electrons. The van der Waals surface area contributed by atoms with Gasteiger partial charge >= 0.3 is 5.76 Å². The second-order valence-corrected chi connectivity index (χ2v) is 8.58. The van der Waals surface area contributed by atoms with Crippen LogP contribution < -0.4 is 16.8 Å². The number of nitriles is 1. The van der Waals surface area contributed by atoms with Crippen LogP contribution in [-0.4, -0.2) is 49.0 Å². The zero-order valence-electron chi connectivity index (χ0n) is 19.2. The molecular formula is C25H28N4O5. The summed E-state index contributed by atoms with van der Waals surface area (Å²) in [6, 6.07) is 15.5. The Kier molecular flexibility index (Phi) is 6.84. The quantitative estimate of drug-likeness (QED) is 0.568. The number of oxazole rings is 1. The standard InChI is InChI=1S/C25H28N4O5/c1-29-21-12-18(7-8-22(21)34-24(29)31)17-5-3-16(4-6-17)11-19(13-26)25(23(27)30)15-28-10-9-20(32-2)14-33-25/h3-8,12,19-20,28H,9-11,14-15H2,1-2H3,(H2,27,30)/t19-,20?,25?/m0/s1. The van der Waals surface area contributed by atoms with E-state index in [4.69, 9.17) is 19.6 Å². The third-order valence-corrected chi connectivity index (χ3v) is 6.55. The summed E-state index contributed by atoms with van der Waals surface area (Å²) in [4.78, 5) is 24.3. The van der Waals surface area contributed by atoms with Crippen LogP contribution >= 0.6 is 0 Å². The molecule has 0 saturated carbocycles. The number of hydrogen-bond acceptors (Lipinski definition) is 7. The molecule has 9 nitrogen and oxygen atoms in total. The van der Waals surface area contributed by atoms with Crippen molar-refractivity contribution in [2.75, 3.05) is 26.8 Å². The highest BCUT2D eigenvalue weighted by molar-refractivity contribution is 5.85. The van der Waals surface area contributed by atoms with Crippen molar-refractivity contribution in [3.05, 3.63) is 58.6 Å². The van der Waals surface area contributed by atoms with E-state index >= 15 is 0 Å². The predicted molar refractivity (Wildman–Crippen MR) is 126 cm³/mol. The van der Waals surface area contributed by atoms with Gasteiger partial charge in [0.15, 0.2) is 11.2 Å². The van der Waals surface area contributed by atoms with Gasteiger partial charge in [0.05, 0.1) is 30.2 Å². The molecule has 0 bridgehead atoms. The summed E-state index contributed by atoms with van der Waals surface area (Å²) in [5.74, 6) is -1.86. The van der Waals surface area contributed by atoms with Gasteiger partial charge in [-0.25, -0.2) is 4.79 Å². The normalized spacial score (nSPS) is 22.0. The average Bonchev–Trinajstić information content (AvgIpc) is 3.11. The van der Waals surface area contributed by atoms with Crippen LogP contribution in [0.5, 0.6) is 0 Å². The van der Waals surface area contributed by atoms with E-state index in [1.165, 1.54) is 4.57 Å². The number of nitrogens with two attached hydrogens (primary N) is 1. The average molecular weight is 465 g/mol. The fraction of sp³-hybridized carbons (Fsp3) is 0.400. The monoisotopic (exact) mass is 464 g/mol. The summed E-state index contributed by atoms with van der Waals surface area (Å²) in [5.41, 5.74) is 8.31. The molecule has 2 unspecified atom stereocenters. The van der Waals surface area contributed by atoms with Crippen molar-refractivity contribution in [2.45, 2.75) is 24.5 Å². The van der Waals surface area contributed by atoms with Crippen molar-refractivity contribution in [3.63, 3.8) is 0 Å². The molecule has 4 rings (SSSR count). The summed E-state index contributed by atoms with van der Waals surface area (Å²) in [5, 5.41) is 13.2. The molecule has 0 spiro atoms. The van der Waals surface area contributed by atoms with Crippen molar-refractivity contribution in [1.29, 1.82) is 5.26 Å². The van der Waals surface area contributed by atoms with E-state index in [9.17, 15) is 14.9 Å². The van der Waals surface area contributed by atoms with Gasteiger partial charge in [0.25, 0.3) is 5.91 Å². The summed E-state index contributed by atoms with van der Waals surface area (Å²) >= 11 is 0. The topological polar surface area (TPSA) is 133 Å². The summed E-state index contributed by atoms with van der Waals surface area (Å²) in [7, 11) is 3.26. The number of carbonyl (C=O) groups is 1. The van der Waals surface area contributed by atoms with E-state index in [-0.39, 0.29) is 19.3 Å². The van der Waals surface area contributed by atoms with Crippen LogP contribution in [0.3, 0.4) is 0 Å². The Labute approximate surface area is 197 Å². The van der Waals surface area contributed by atoms with E-state index in [0.29, 0.717) is 24.1 Å². The molecule has 3 atom stereocenters. The smallest absolute Gasteiger partial charge is 0.408 e. The lowest BCUT2D eigenvalue weighted by atomic mass is 9.82. The van der Waals surface area contributed by atoms with Gasteiger partial charge in [0.2, 0.25) is 0 Å². The van der Waals surface area contributed by atoms with Gasteiger partial charge in [-0.3, -0.25) is 9.36 Å². The number of carbonyl (C=O) groups excluding carboxylic acids is 1.